The number of ether oxygens (including phenoxy) is 1. The minimum absolute atomic E-state index is 0.0648. The Bertz CT molecular complexity index is 756. The summed E-state index contributed by atoms with van der Waals surface area (Å²) >= 11 is 0. The first-order valence-electron chi connectivity index (χ1n) is 9.10. The van der Waals surface area contributed by atoms with Gasteiger partial charge >= 0.3 is 6.09 Å². The fraction of sp³-hybridized carbons (Fsp3) is 0.500. The first-order chi connectivity index (χ1) is 13.2. The quantitative estimate of drug-likeness (QED) is 0.822. The second-order valence-electron chi connectivity index (χ2n) is 6.25. The van der Waals surface area contributed by atoms with Crippen LogP contribution in [0.4, 0.5) is 4.79 Å². The highest BCUT2D eigenvalue weighted by atomic mass is 16.6. The van der Waals surface area contributed by atoms with Gasteiger partial charge in [-0.15, -0.1) is 0 Å². The number of aryl methyl sites for hydroxylation is 1. The van der Waals surface area contributed by atoms with Gasteiger partial charge in [-0.05, 0) is 31.9 Å². The van der Waals surface area contributed by atoms with Crippen LogP contribution in [0.25, 0.3) is 11.5 Å². The lowest BCUT2D eigenvalue weighted by molar-refractivity contribution is -0.122. The molecular formula is C18H23N5O4. The van der Waals surface area contributed by atoms with E-state index >= 15 is 0 Å². The monoisotopic (exact) mass is 373 g/mol. The van der Waals surface area contributed by atoms with E-state index < -0.39 is 0 Å². The highest BCUT2D eigenvalue weighted by Crippen LogP contribution is 2.14. The standard InChI is InChI=1S/C18H23N5O4/c1-2-26-18(25)23-11-8-13(9-12-23)20-15(24)6-7-16-21-17(22-27-16)14-5-3-4-10-19-14/h3-5,10,13H,2,6-9,11-12H2,1H3,(H,20,24). The molecule has 27 heavy (non-hydrogen) atoms. The van der Waals surface area contributed by atoms with Gasteiger partial charge in [-0.25, -0.2) is 4.79 Å². The molecule has 0 atom stereocenters. The van der Waals surface area contributed by atoms with Crippen molar-refractivity contribution in [2.45, 2.75) is 38.6 Å². The fourth-order valence-corrected chi connectivity index (χ4v) is 2.90. The number of likely N-dealkylation sites (tertiary alicyclic amines) is 1. The van der Waals surface area contributed by atoms with Gasteiger partial charge in [0.05, 0.1) is 6.61 Å². The molecule has 1 saturated heterocycles. The smallest absolute Gasteiger partial charge is 0.409 e. The molecule has 1 aliphatic heterocycles. The number of carbonyl (C=O) groups is 2. The lowest BCUT2D eigenvalue weighted by atomic mass is 10.1. The summed E-state index contributed by atoms with van der Waals surface area (Å²) in [6.07, 6.45) is 3.44. The SMILES string of the molecule is CCOC(=O)N1CCC(NC(=O)CCc2nc(-c3ccccn3)no2)CC1. The third-order valence-electron chi connectivity index (χ3n) is 4.31. The van der Waals surface area contributed by atoms with Crippen molar-refractivity contribution in [3.63, 3.8) is 0 Å². The highest BCUT2D eigenvalue weighted by Gasteiger charge is 2.24. The van der Waals surface area contributed by atoms with E-state index in [1.807, 2.05) is 12.1 Å². The number of nitrogens with zero attached hydrogens (tertiary/aromatic N) is 4. The molecule has 0 bridgehead atoms. The molecule has 0 spiro atoms. The van der Waals surface area contributed by atoms with Gasteiger partial charge in [-0.1, -0.05) is 11.2 Å². The summed E-state index contributed by atoms with van der Waals surface area (Å²) in [5.41, 5.74) is 0.630. The van der Waals surface area contributed by atoms with E-state index in [0.717, 1.165) is 12.8 Å². The molecular weight excluding hydrogens is 350 g/mol. The molecule has 0 unspecified atom stereocenters. The molecule has 0 aliphatic carbocycles. The third-order valence-corrected chi connectivity index (χ3v) is 4.31. The summed E-state index contributed by atoms with van der Waals surface area (Å²) < 4.78 is 10.2. The average molecular weight is 373 g/mol. The Morgan fingerprint density at radius 1 is 1.33 bits per heavy atom. The number of nitrogens with one attached hydrogen (secondary N) is 1. The number of amides is 2. The zero-order valence-corrected chi connectivity index (χ0v) is 15.3. The summed E-state index contributed by atoms with van der Waals surface area (Å²) in [7, 11) is 0. The Kier molecular flexibility index (Phi) is 6.35. The van der Waals surface area contributed by atoms with Crippen molar-refractivity contribution < 1.29 is 18.8 Å². The topological polar surface area (TPSA) is 110 Å². The Morgan fingerprint density at radius 2 is 2.15 bits per heavy atom. The number of carbonyl (C=O) groups excluding carboxylic acids is 2. The summed E-state index contributed by atoms with van der Waals surface area (Å²) in [6, 6.07) is 5.52. The molecule has 3 rings (SSSR count). The van der Waals surface area contributed by atoms with Crippen LogP contribution >= 0.6 is 0 Å². The highest BCUT2D eigenvalue weighted by molar-refractivity contribution is 5.76. The first-order valence-corrected chi connectivity index (χ1v) is 9.10. The molecule has 2 aromatic rings. The molecule has 9 nitrogen and oxygen atoms in total. The first kappa shape index (κ1) is 18.8. The molecule has 9 heteroatoms. The van der Waals surface area contributed by atoms with Crippen LogP contribution in [0.15, 0.2) is 28.9 Å². The van der Waals surface area contributed by atoms with Gasteiger partial charge in [0.15, 0.2) is 0 Å². The van der Waals surface area contributed by atoms with E-state index in [-0.39, 0.29) is 24.5 Å². The van der Waals surface area contributed by atoms with Crippen molar-refractivity contribution >= 4 is 12.0 Å². The van der Waals surface area contributed by atoms with Crippen LogP contribution in [0.3, 0.4) is 0 Å². The van der Waals surface area contributed by atoms with Crippen molar-refractivity contribution in [3.8, 4) is 11.5 Å². The molecule has 1 fully saturated rings. The number of piperidine rings is 1. The van der Waals surface area contributed by atoms with Gasteiger partial charge in [0.2, 0.25) is 17.6 Å². The largest absolute Gasteiger partial charge is 0.450 e. The van der Waals surface area contributed by atoms with Gasteiger partial charge in [0.1, 0.15) is 5.69 Å². The fourth-order valence-electron chi connectivity index (χ4n) is 2.90. The summed E-state index contributed by atoms with van der Waals surface area (Å²) in [6.45, 7) is 3.32. The Balaban J connectivity index is 1.41. The molecule has 2 amide bonds. The average Bonchev–Trinajstić information content (AvgIpc) is 3.17. The Morgan fingerprint density at radius 3 is 2.85 bits per heavy atom. The number of aromatic nitrogens is 3. The van der Waals surface area contributed by atoms with Crippen molar-refractivity contribution in [2.24, 2.45) is 0 Å². The molecule has 0 radical (unpaired) electrons. The van der Waals surface area contributed by atoms with Gasteiger partial charge in [-0.3, -0.25) is 9.78 Å². The molecule has 144 valence electrons. The van der Waals surface area contributed by atoms with Gasteiger partial charge in [0, 0.05) is 38.2 Å². The van der Waals surface area contributed by atoms with E-state index in [1.54, 1.807) is 24.1 Å². The molecule has 1 aliphatic rings. The Labute approximate surface area is 157 Å². The number of hydrogen-bond donors (Lipinski definition) is 1. The molecule has 3 heterocycles. The van der Waals surface area contributed by atoms with Crippen LogP contribution in [0.2, 0.25) is 0 Å². The van der Waals surface area contributed by atoms with Crippen LogP contribution < -0.4 is 5.32 Å². The summed E-state index contributed by atoms with van der Waals surface area (Å²) in [5, 5.41) is 6.89. The van der Waals surface area contributed by atoms with E-state index in [1.165, 1.54) is 0 Å². The third kappa shape index (κ3) is 5.25. The lowest BCUT2D eigenvalue weighted by Gasteiger charge is -2.31. The van der Waals surface area contributed by atoms with Crippen molar-refractivity contribution in [2.75, 3.05) is 19.7 Å². The van der Waals surface area contributed by atoms with E-state index in [0.29, 0.717) is 43.5 Å². The van der Waals surface area contributed by atoms with Crippen LogP contribution in [0.5, 0.6) is 0 Å². The predicted octanol–water partition coefficient (Wildman–Crippen LogP) is 1.80. The minimum Gasteiger partial charge on any atom is -0.450 e. The van der Waals surface area contributed by atoms with Crippen LogP contribution in [0.1, 0.15) is 32.1 Å². The van der Waals surface area contributed by atoms with Crippen LogP contribution in [0, 0.1) is 0 Å². The van der Waals surface area contributed by atoms with Gasteiger partial charge in [-0.2, -0.15) is 4.98 Å². The second kappa shape index (κ2) is 9.11. The van der Waals surface area contributed by atoms with E-state index in [2.05, 4.69) is 20.4 Å². The van der Waals surface area contributed by atoms with E-state index in [9.17, 15) is 9.59 Å². The maximum absolute atomic E-state index is 12.2. The second-order valence-corrected chi connectivity index (χ2v) is 6.25. The normalized spacial score (nSPS) is 14.8. The molecule has 2 aromatic heterocycles. The van der Waals surface area contributed by atoms with Crippen LogP contribution in [-0.4, -0.2) is 57.8 Å². The number of rotatable bonds is 6. The molecule has 0 aromatic carbocycles. The molecule has 1 N–H and O–H groups in total. The summed E-state index contributed by atoms with van der Waals surface area (Å²) in [4.78, 5) is 33.9. The maximum Gasteiger partial charge on any atom is 0.409 e. The van der Waals surface area contributed by atoms with Gasteiger partial charge in [0.25, 0.3) is 0 Å². The van der Waals surface area contributed by atoms with E-state index in [4.69, 9.17) is 9.26 Å². The molecule has 0 saturated carbocycles. The maximum atomic E-state index is 12.2. The summed E-state index contributed by atoms with van der Waals surface area (Å²) in [5.74, 6) is 0.752. The van der Waals surface area contributed by atoms with Crippen molar-refractivity contribution in [1.29, 1.82) is 0 Å². The zero-order valence-electron chi connectivity index (χ0n) is 15.3. The van der Waals surface area contributed by atoms with Gasteiger partial charge < -0.3 is 19.5 Å². The predicted molar refractivity (Wildman–Crippen MR) is 95.6 cm³/mol. The van der Waals surface area contributed by atoms with Crippen LogP contribution in [-0.2, 0) is 16.0 Å². The Hall–Kier alpha value is -2.97. The van der Waals surface area contributed by atoms with Crippen molar-refractivity contribution in [3.05, 3.63) is 30.3 Å². The number of hydrogen-bond acceptors (Lipinski definition) is 7. The lowest BCUT2D eigenvalue weighted by Crippen LogP contribution is -2.46. The minimum atomic E-state index is -0.289. The number of pyridine rings is 1. The zero-order chi connectivity index (χ0) is 19.1. The van der Waals surface area contributed by atoms with Crippen molar-refractivity contribution in [1.82, 2.24) is 25.3 Å².